The molecular weight excluding hydrogens is 545 g/mol. The Labute approximate surface area is 230 Å². The first kappa shape index (κ1) is 29.7. The van der Waals surface area contributed by atoms with Gasteiger partial charge in [0.05, 0.1) is 19.0 Å². The van der Waals surface area contributed by atoms with Crippen molar-refractivity contribution in [2.75, 3.05) is 18.1 Å². The molecule has 4 heterocycles. The second-order valence-electron chi connectivity index (χ2n) is 9.87. The molecule has 0 radical (unpaired) electrons. The molecule has 0 amide bonds. The van der Waals surface area contributed by atoms with Crippen LogP contribution in [0.3, 0.4) is 0 Å². The molecular formula is C23H34N9O7P. The van der Waals surface area contributed by atoms with E-state index in [1.165, 1.54) is 24.7 Å². The van der Waals surface area contributed by atoms with Crippen LogP contribution in [0.15, 0.2) is 30.9 Å². The van der Waals surface area contributed by atoms with E-state index in [1.807, 2.05) is 0 Å². The number of aliphatic hydroxyl groups is 2. The van der Waals surface area contributed by atoms with Crippen LogP contribution >= 0.6 is 7.67 Å². The molecule has 1 fully saturated rings. The molecule has 0 bridgehead atoms. The number of carbonyl (C=O) groups excluding carboxylic acids is 1. The highest BCUT2D eigenvalue weighted by atomic mass is 31.2. The van der Waals surface area contributed by atoms with Crippen molar-refractivity contribution < 1.29 is 33.6 Å². The first-order valence-corrected chi connectivity index (χ1v) is 14.1. The Morgan fingerprint density at radius 1 is 1.32 bits per heavy atom. The third kappa shape index (κ3) is 6.39. The summed E-state index contributed by atoms with van der Waals surface area (Å²) in [5.41, 5.74) is 10.9. The summed E-state index contributed by atoms with van der Waals surface area (Å²) in [5.74, 6) is -0.701. The van der Waals surface area contributed by atoms with Crippen molar-refractivity contribution in [3.63, 3.8) is 0 Å². The first-order valence-electron chi connectivity index (χ1n) is 12.5. The van der Waals surface area contributed by atoms with Gasteiger partial charge in [0, 0.05) is 18.9 Å². The van der Waals surface area contributed by atoms with Crippen LogP contribution < -0.4 is 21.6 Å². The number of hydrogen-bond acceptors (Lipinski definition) is 13. The average molecular weight is 580 g/mol. The quantitative estimate of drug-likeness (QED) is 0.132. The van der Waals surface area contributed by atoms with Gasteiger partial charge in [-0.15, -0.1) is 0 Å². The summed E-state index contributed by atoms with van der Waals surface area (Å²) >= 11 is 0. The molecule has 3 aromatic heterocycles. The van der Waals surface area contributed by atoms with Gasteiger partial charge in [0.25, 0.3) is 0 Å². The summed E-state index contributed by atoms with van der Waals surface area (Å²) in [6, 6.07) is 2.48. The van der Waals surface area contributed by atoms with E-state index in [-0.39, 0.29) is 35.6 Å². The number of rotatable bonds is 11. The Bertz CT molecular complexity index is 1390. The monoisotopic (exact) mass is 579 g/mol. The Kier molecular flexibility index (Phi) is 8.70. The fourth-order valence-electron chi connectivity index (χ4n) is 4.15. The number of pyridine rings is 1. The second-order valence-corrected chi connectivity index (χ2v) is 11.8. The summed E-state index contributed by atoms with van der Waals surface area (Å²) in [7, 11) is -3.97. The van der Waals surface area contributed by atoms with Crippen LogP contribution in [0, 0.1) is 0 Å². The van der Waals surface area contributed by atoms with Gasteiger partial charge in [-0.1, -0.05) is 6.07 Å². The minimum atomic E-state index is -3.97. The van der Waals surface area contributed by atoms with Gasteiger partial charge in [-0.3, -0.25) is 18.9 Å². The Balaban J connectivity index is 1.53. The second kappa shape index (κ2) is 11.7. The van der Waals surface area contributed by atoms with E-state index < -0.39 is 50.3 Å². The molecule has 218 valence electrons. The number of hydrogen-bond donors (Lipinski definition) is 6. The number of nitrogens with one attached hydrogen (secondary N) is 2. The Hall–Kier alpha value is -3.24. The van der Waals surface area contributed by atoms with Crippen LogP contribution in [0.4, 0.5) is 11.8 Å². The molecule has 1 aliphatic rings. The molecule has 1 saturated heterocycles. The molecule has 40 heavy (non-hydrogen) atoms. The molecule has 0 spiro atoms. The number of nitrogens with zero attached hydrogens (tertiary/aromatic N) is 5. The highest BCUT2D eigenvalue weighted by Gasteiger charge is 2.54. The fourth-order valence-corrected chi connectivity index (χ4v) is 5.77. The number of fused-ring (bicyclic) bond motifs is 1. The summed E-state index contributed by atoms with van der Waals surface area (Å²) < 4.78 is 32.1. The molecule has 1 aliphatic heterocycles. The molecule has 8 N–H and O–H groups in total. The number of nitrogen functional groups attached to an aromatic ring is 2. The van der Waals surface area contributed by atoms with E-state index in [1.54, 1.807) is 38.4 Å². The lowest BCUT2D eigenvalue weighted by molar-refractivity contribution is -0.149. The van der Waals surface area contributed by atoms with E-state index in [9.17, 15) is 19.6 Å². The van der Waals surface area contributed by atoms with Crippen molar-refractivity contribution in [3.8, 4) is 0 Å². The maximum Gasteiger partial charge on any atom is 0.341 e. The molecule has 0 aliphatic carbocycles. The molecule has 0 saturated carbocycles. The summed E-state index contributed by atoms with van der Waals surface area (Å²) in [6.45, 7) is 5.89. The number of ether oxygens (including phenoxy) is 2. The minimum absolute atomic E-state index is 0.0381. The van der Waals surface area contributed by atoms with Crippen LogP contribution in [0.2, 0.25) is 0 Å². The molecule has 16 nitrogen and oxygen atoms in total. The SMILES string of the molecule is CC(C)OC(=O)[C@H](C)NP(=O)(NCc1cccnc1)OC[C@H]1O[C@@H](n2cnc3c(N)nc(N)nc32)[C@@](C)(O)[C@H]1O. The topological polar surface area (TPSA) is 235 Å². The third-order valence-corrected chi connectivity index (χ3v) is 7.99. The number of nitrogens with two attached hydrogens (primary N) is 2. The van der Waals surface area contributed by atoms with Gasteiger partial charge < -0.3 is 35.7 Å². The van der Waals surface area contributed by atoms with Crippen molar-refractivity contribution >= 4 is 36.6 Å². The van der Waals surface area contributed by atoms with Crippen molar-refractivity contribution in [1.82, 2.24) is 34.7 Å². The fraction of sp³-hybridized carbons (Fsp3) is 0.522. The van der Waals surface area contributed by atoms with Crippen molar-refractivity contribution in [3.05, 3.63) is 36.4 Å². The van der Waals surface area contributed by atoms with Gasteiger partial charge in [0.2, 0.25) is 5.95 Å². The first-order chi connectivity index (χ1) is 18.8. The standard InChI is InChI=1S/C23H34N9O7P/c1-12(2)38-20(34)13(3)31-40(36,28-9-14-6-5-7-26-8-14)37-10-15-17(33)23(4,35)21(39-15)32-11-27-16-18(24)29-22(25)30-19(16)32/h5-8,11-13,15,17,21,33,35H,9-10H2,1-4H3,(H2,28,31,36)(H4,24,25,29,30)/t13-,15+,17-,21+,23-,40?/m0/s1. The zero-order valence-corrected chi connectivity index (χ0v) is 23.4. The lowest BCUT2D eigenvalue weighted by atomic mass is 9.96. The normalized spacial score (nSPS) is 25.2. The smallest absolute Gasteiger partial charge is 0.341 e. The Morgan fingerprint density at radius 2 is 2.08 bits per heavy atom. The van der Waals surface area contributed by atoms with Crippen LogP contribution in [0.25, 0.3) is 11.2 Å². The highest BCUT2D eigenvalue weighted by molar-refractivity contribution is 7.54. The van der Waals surface area contributed by atoms with Crippen LogP contribution in [-0.2, 0) is 29.9 Å². The number of esters is 1. The van der Waals surface area contributed by atoms with E-state index >= 15 is 0 Å². The lowest BCUT2D eigenvalue weighted by Crippen LogP contribution is -2.45. The van der Waals surface area contributed by atoms with Gasteiger partial charge >= 0.3 is 13.6 Å². The maximum absolute atomic E-state index is 13.8. The third-order valence-electron chi connectivity index (χ3n) is 6.18. The number of aromatic nitrogens is 5. The Morgan fingerprint density at radius 3 is 2.75 bits per heavy atom. The molecule has 17 heteroatoms. The molecule has 1 unspecified atom stereocenters. The summed E-state index contributed by atoms with van der Waals surface area (Å²) in [6.07, 6.45) is 0.304. The van der Waals surface area contributed by atoms with Gasteiger partial charge in [0.15, 0.2) is 17.7 Å². The number of carbonyl (C=O) groups is 1. The zero-order chi connectivity index (χ0) is 29.2. The van der Waals surface area contributed by atoms with E-state index in [0.29, 0.717) is 5.56 Å². The van der Waals surface area contributed by atoms with E-state index in [2.05, 4.69) is 30.1 Å². The predicted octanol–water partition coefficient (Wildman–Crippen LogP) is 0.239. The minimum Gasteiger partial charge on any atom is -0.462 e. The van der Waals surface area contributed by atoms with Gasteiger partial charge in [-0.05, 0) is 39.3 Å². The van der Waals surface area contributed by atoms with Crippen molar-refractivity contribution in [1.29, 1.82) is 0 Å². The average Bonchev–Trinajstić information content (AvgIpc) is 3.40. The van der Waals surface area contributed by atoms with Crippen LogP contribution in [0.1, 0.15) is 39.5 Å². The largest absolute Gasteiger partial charge is 0.462 e. The van der Waals surface area contributed by atoms with Crippen molar-refractivity contribution in [2.45, 2.75) is 70.4 Å². The molecule has 0 aromatic carbocycles. The summed E-state index contributed by atoms with van der Waals surface area (Å²) in [5, 5.41) is 27.6. The van der Waals surface area contributed by atoms with Crippen LogP contribution in [-0.4, -0.2) is 77.2 Å². The molecule has 4 rings (SSSR count). The van der Waals surface area contributed by atoms with Crippen molar-refractivity contribution in [2.24, 2.45) is 0 Å². The number of aliphatic hydroxyl groups excluding tert-OH is 1. The van der Waals surface area contributed by atoms with E-state index in [0.717, 1.165) is 0 Å². The van der Waals surface area contributed by atoms with E-state index in [4.69, 9.17) is 25.5 Å². The van der Waals surface area contributed by atoms with Gasteiger partial charge in [-0.2, -0.15) is 9.97 Å². The zero-order valence-electron chi connectivity index (χ0n) is 22.5. The molecule has 3 aromatic rings. The highest BCUT2D eigenvalue weighted by Crippen LogP contribution is 2.44. The van der Waals surface area contributed by atoms with Gasteiger partial charge in [0.1, 0.15) is 29.4 Å². The molecule has 6 atom stereocenters. The number of imidazole rings is 1. The van der Waals surface area contributed by atoms with Crippen LogP contribution in [0.5, 0.6) is 0 Å². The maximum atomic E-state index is 13.8. The number of anilines is 2. The predicted molar refractivity (Wildman–Crippen MR) is 143 cm³/mol. The lowest BCUT2D eigenvalue weighted by Gasteiger charge is -2.27. The van der Waals surface area contributed by atoms with Gasteiger partial charge in [-0.25, -0.2) is 15.2 Å². The summed E-state index contributed by atoms with van der Waals surface area (Å²) in [4.78, 5) is 28.6.